The van der Waals surface area contributed by atoms with Gasteiger partial charge in [0.2, 0.25) is 11.8 Å². The summed E-state index contributed by atoms with van der Waals surface area (Å²) in [7, 11) is 0. The van der Waals surface area contributed by atoms with Gasteiger partial charge >= 0.3 is 0 Å². The number of carbonyl (C=O) groups is 2. The first-order valence-electron chi connectivity index (χ1n) is 6.66. The number of hydrogen-bond acceptors (Lipinski definition) is 2. The highest BCUT2D eigenvalue weighted by atomic mass is 16.2. The monoisotopic (exact) mass is 240 g/mol. The molecule has 0 aromatic heterocycles. The molecule has 0 aliphatic carbocycles. The van der Waals surface area contributed by atoms with Gasteiger partial charge in [0.1, 0.15) is 6.04 Å². The van der Waals surface area contributed by atoms with E-state index in [1.54, 1.807) is 6.92 Å². The lowest BCUT2D eigenvalue weighted by molar-refractivity contribution is -0.134. The molecule has 1 aliphatic heterocycles. The molecule has 4 heteroatoms. The molecule has 1 fully saturated rings. The van der Waals surface area contributed by atoms with E-state index < -0.39 is 0 Å². The lowest BCUT2D eigenvalue weighted by Crippen LogP contribution is -2.45. The largest absolute Gasteiger partial charge is 0.345 e. The second-order valence-corrected chi connectivity index (χ2v) is 4.93. The average molecular weight is 240 g/mol. The van der Waals surface area contributed by atoms with Gasteiger partial charge in [-0.25, -0.2) is 0 Å². The Morgan fingerprint density at radius 2 is 1.94 bits per heavy atom. The molecule has 0 saturated carbocycles. The van der Waals surface area contributed by atoms with Crippen molar-refractivity contribution in [2.24, 2.45) is 0 Å². The van der Waals surface area contributed by atoms with Crippen LogP contribution in [0.1, 0.15) is 52.9 Å². The highest BCUT2D eigenvalue weighted by molar-refractivity contribution is 5.90. The lowest BCUT2D eigenvalue weighted by Gasteiger charge is -2.27. The quantitative estimate of drug-likeness (QED) is 0.743. The minimum Gasteiger partial charge on any atom is -0.345 e. The molecule has 1 heterocycles. The minimum absolute atomic E-state index is 0.0191. The van der Waals surface area contributed by atoms with Crippen molar-refractivity contribution in [1.29, 1.82) is 0 Å². The molecule has 2 atom stereocenters. The summed E-state index contributed by atoms with van der Waals surface area (Å²) in [5, 5.41) is 2.72. The summed E-state index contributed by atoms with van der Waals surface area (Å²) < 4.78 is 0. The van der Waals surface area contributed by atoms with E-state index >= 15 is 0 Å². The standard InChI is InChI=1S/C13H24N2O2/c1-4-5-6-7-8-15-10(2)9-12(16)14-11(3)13(15)17/h10-11H,4-9H2,1-3H3,(H,14,16). The van der Waals surface area contributed by atoms with Crippen LogP contribution in [0.3, 0.4) is 0 Å². The number of carbonyl (C=O) groups excluding carboxylic acids is 2. The smallest absolute Gasteiger partial charge is 0.245 e. The molecule has 98 valence electrons. The van der Waals surface area contributed by atoms with Gasteiger partial charge in [-0.15, -0.1) is 0 Å². The molecule has 1 aliphatic rings. The van der Waals surface area contributed by atoms with E-state index in [-0.39, 0.29) is 23.9 Å². The van der Waals surface area contributed by atoms with E-state index in [9.17, 15) is 9.59 Å². The zero-order valence-corrected chi connectivity index (χ0v) is 11.2. The Hall–Kier alpha value is -1.06. The summed E-state index contributed by atoms with van der Waals surface area (Å²) in [5.41, 5.74) is 0. The summed E-state index contributed by atoms with van der Waals surface area (Å²) in [6.07, 6.45) is 5.01. The number of rotatable bonds is 5. The molecule has 0 bridgehead atoms. The van der Waals surface area contributed by atoms with Crippen LogP contribution in [0, 0.1) is 0 Å². The first-order valence-corrected chi connectivity index (χ1v) is 6.66. The van der Waals surface area contributed by atoms with Crippen molar-refractivity contribution in [3.8, 4) is 0 Å². The molecule has 4 nitrogen and oxygen atoms in total. The lowest BCUT2D eigenvalue weighted by atomic mass is 10.1. The summed E-state index contributed by atoms with van der Waals surface area (Å²) in [4.78, 5) is 25.4. The maximum atomic E-state index is 12.1. The molecule has 0 aromatic carbocycles. The Bertz CT molecular complexity index is 279. The third-order valence-corrected chi connectivity index (χ3v) is 3.30. The average Bonchev–Trinajstić information content (AvgIpc) is 2.35. The predicted octanol–water partition coefficient (Wildman–Crippen LogP) is 1.69. The fourth-order valence-corrected chi connectivity index (χ4v) is 2.25. The van der Waals surface area contributed by atoms with Gasteiger partial charge in [-0.1, -0.05) is 26.2 Å². The normalized spacial score (nSPS) is 25.7. The third kappa shape index (κ3) is 4.02. The van der Waals surface area contributed by atoms with Gasteiger partial charge in [0.25, 0.3) is 0 Å². The Kier molecular flexibility index (Phi) is 5.45. The van der Waals surface area contributed by atoms with Crippen molar-refractivity contribution < 1.29 is 9.59 Å². The van der Waals surface area contributed by atoms with Crippen molar-refractivity contribution in [2.45, 2.75) is 65.0 Å². The van der Waals surface area contributed by atoms with Gasteiger partial charge in [0.15, 0.2) is 0 Å². The Morgan fingerprint density at radius 3 is 2.59 bits per heavy atom. The summed E-state index contributed by atoms with van der Waals surface area (Å²) in [6.45, 7) is 6.66. The summed E-state index contributed by atoms with van der Waals surface area (Å²) in [6, 6.07) is -0.354. The molecule has 2 amide bonds. The number of amides is 2. The Labute approximate surface area is 104 Å². The highest BCUT2D eigenvalue weighted by Crippen LogP contribution is 2.13. The molecule has 0 aromatic rings. The number of nitrogens with one attached hydrogen (secondary N) is 1. The molecule has 1 saturated heterocycles. The van der Waals surface area contributed by atoms with Gasteiger partial charge in [-0.2, -0.15) is 0 Å². The molecule has 0 radical (unpaired) electrons. The van der Waals surface area contributed by atoms with Crippen molar-refractivity contribution in [3.05, 3.63) is 0 Å². The van der Waals surface area contributed by atoms with Crippen molar-refractivity contribution >= 4 is 11.8 Å². The fourth-order valence-electron chi connectivity index (χ4n) is 2.25. The maximum Gasteiger partial charge on any atom is 0.245 e. The molecule has 0 spiro atoms. The van der Waals surface area contributed by atoms with Gasteiger partial charge in [-0.05, 0) is 20.3 Å². The summed E-state index contributed by atoms with van der Waals surface area (Å²) >= 11 is 0. The van der Waals surface area contributed by atoms with Crippen molar-refractivity contribution in [3.63, 3.8) is 0 Å². The minimum atomic E-state index is -0.376. The number of nitrogens with zero attached hydrogens (tertiary/aromatic N) is 1. The second kappa shape index (κ2) is 6.62. The molecule has 1 N–H and O–H groups in total. The SMILES string of the molecule is CCCCCCN1C(=O)C(C)NC(=O)CC1C. The van der Waals surface area contributed by atoms with Crippen LogP contribution in [-0.4, -0.2) is 35.3 Å². The van der Waals surface area contributed by atoms with E-state index in [4.69, 9.17) is 0 Å². The fraction of sp³-hybridized carbons (Fsp3) is 0.846. The van der Waals surface area contributed by atoms with E-state index in [1.165, 1.54) is 12.8 Å². The van der Waals surface area contributed by atoms with Gasteiger partial charge in [0, 0.05) is 19.0 Å². The maximum absolute atomic E-state index is 12.1. The first-order chi connectivity index (χ1) is 8.06. The molecule has 17 heavy (non-hydrogen) atoms. The highest BCUT2D eigenvalue weighted by Gasteiger charge is 2.30. The molecular weight excluding hydrogens is 216 g/mol. The van der Waals surface area contributed by atoms with Crippen LogP contribution < -0.4 is 5.32 Å². The zero-order valence-electron chi connectivity index (χ0n) is 11.2. The number of unbranched alkanes of at least 4 members (excludes halogenated alkanes) is 3. The third-order valence-electron chi connectivity index (χ3n) is 3.30. The van der Waals surface area contributed by atoms with E-state index in [0.29, 0.717) is 6.42 Å². The van der Waals surface area contributed by atoms with Gasteiger partial charge < -0.3 is 10.2 Å². The van der Waals surface area contributed by atoms with Crippen LogP contribution in [0.4, 0.5) is 0 Å². The topological polar surface area (TPSA) is 49.4 Å². The molecular formula is C13H24N2O2. The Balaban J connectivity index is 2.53. The van der Waals surface area contributed by atoms with Crippen molar-refractivity contribution in [1.82, 2.24) is 10.2 Å². The van der Waals surface area contributed by atoms with Gasteiger partial charge in [0.05, 0.1) is 0 Å². The molecule has 2 unspecified atom stereocenters. The number of hydrogen-bond donors (Lipinski definition) is 1. The van der Waals surface area contributed by atoms with Crippen LogP contribution >= 0.6 is 0 Å². The Morgan fingerprint density at radius 1 is 1.24 bits per heavy atom. The summed E-state index contributed by atoms with van der Waals surface area (Å²) in [5.74, 6) is 0.0363. The van der Waals surface area contributed by atoms with E-state index in [0.717, 1.165) is 19.4 Å². The van der Waals surface area contributed by atoms with E-state index in [2.05, 4.69) is 12.2 Å². The van der Waals surface area contributed by atoms with Crippen molar-refractivity contribution in [2.75, 3.05) is 6.54 Å². The van der Waals surface area contributed by atoms with Crippen LogP contribution in [0.5, 0.6) is 0 Å². The van der Waals surface area contributed by atoms with E-state index in [1.807, 2.05) is 11.8 Å². The first kappa shape index (κ1) is 14.0. The van der Waals surface area contributed by atoms with Gasteiger partial charge in [-0.3, -0.25) is 9.59 Å². The predicted molar refractivity (Wildman–Crippen MR) is 67.5 cm³/mol. The van der Waals surface area contributed by atoms with Crippen LogP contribution in [0.25, 0.3) is 0 Å². The van der Waals surface area contributed by atoms with Crippen LogP contribution in [0.15, 0.2) is 0 Å². The second-order valence-electron chi connectivity index (χ2n) is 4.93. The van der Waals surface area contributed by atoms with Crippen LogP contribution in [-0.2, 0) is 9.59 Å². The van der Waals surface area contributed by atoms with Crippen LogP contribution in [0.2, 0.25) is 0 Å². The molecule has 1 rings (SSSR count). The zero-order chi connectivity index (χ0) is 12.8.